The maximum absolute atomic E-state index is 12.9. The number of hydrogen-bond donors (Lipinski definition) is 0. The number of carbonyl (C=O) groups is 3. The van der Waals surface area contributed by atoms with Gasteiger partial charge in [-0.1, -0.05) is 333 Å². The largest absolute Gasteiger partial charge is 0.462 e. The van der Waals surface area contributed by atoms with Crippen LogP contribution < -0.4 is 0 Å². The number of hydrogen-bond acceptors (Lipinski definition) is 6. The van der Waals surface area contributed by atoms with Gasteiger partial charge in [0.05, 0.1) is 0 Å². The standard InChI is InChI=1S/C69H128O6/c1-4-7-10-13-16-19-22-25-28-31-33-35-38-41-44-47-50-53-56-59-62-68(71)74-65-66(64-73-67(70)61-58-55-52-49-46-43-40-37-30-27-24-21-18-15-12-9-6-3)75-69(72)63-60-57-54-51-48-45-42-39-36-34-32-29-26-23-20-17-14-11-8-5-2/h9,12,18,21,27,30,66H,4-8,10-11,13-17,19-20,22-26,28-29,31-65H2,1-3H3/b12-9-,21-18-,30-27-. The van der Waals surface area contributed by atoms with E-state index in [2.05, 4.69) is 57.2 Å². The fourth-order valence-corrected chi connectivity index (χ4v) is 10.2. The molecule has 0 aromatic rings. The molecule has 0 N–H and O–H groups in total. The van der Waals surface area contributed by atoms with Crippen LogP contribution in [-0.2, 0) is 28.6 Å². The first-order valence-corrected chi connectivity index (χ1v) is 33.5. The summed E-state index contributed by atoms with van der Waals surface area (Å²) in [5, 5.41) is 0. The zero-order valence-corrected chi connectivity index (χ0v) is 50.6. The van der Waals surface area contributed by atoms with Gasteiger partial charge in [-0.15, -0.1) is 0 Å². The zero-order chi connectivity index (χ0) is 54.3. The van der Waals surface area contributed by atoms with Crippen molar-refractivity contribution in [2.75, 3.05) is 13.2 Å². The van der Waals surface area contributed by atoms with Crippen molar-refractivity contribution in [2.24, 2.45) is 0 Å². The third kappa shape index (κ3) is 62.4. The van der Waals surface area contributed by atoms with Gasteiger partial charge < -0.3 is 14.2 Å². The molecule has 0 bridgehead atoms. The molecule has 0 aliphatic carbocycles. The van der Waals surface area contributed by atoms with Gasteiger partial charge in [0.2, 0.25) is 0 Å². The number of carbonyl (C=O) groups excluding carboxylic acids is 3. The van der Waals surface area contributed by atoms with Crippen LogP contribution in [0.1, 0.15) is 367 Å². The summed E-state index contributed by atoms with van der Waals surface area (Å²) in [6.45, 7) is 6.60. The van der Waals surface area contributed by atoms with Gasteiger partial charge in [-0.25, -0.2) is 0 Å². The van der Waals surface area contributed by atoms with Crippen molar-refractivity contribution in [2.45, 2.75) is 374 Å². The molecule has 0 saturated heterocycles. The Morgan fingerprint density at radius 3 is 0.813 bits per heavy atom. The predicted octanol–water partition coefficient (Wildman–Crippen LogP) is 22.8. The van der Waals surface area contributed by atoms with Crippen LogP contribution in [-0.4, -0.2) is 37.2 Å². The Morgan fingerprint density at radius 1 is 0.280 bits per heavy atom. The average Bonchev–Trinajstić information content (AvgIpc) is 3.41. The molecule has 1 atom stereocenters. The smallest absolute Gasteiger partial charge is 0.306 e. The van der Waals surface area contributed by atoms with E-state index in [0.717, 1.165) is 83.5 Å². The molecule has 0 heterocycles. The minimum absolute atomic E-state index is 0.0694. The molecule has 6 heteroatoms. The normalized spacial score (nSPS) is 12.2. The molecule has 75 heavy (non-hydrogen) atoms. The van der Waals surface area contributed by atoms with Crippen LogP contribution in [0.4, 0.5) is 0 Å². The van der Waals surface area contributed by atoms with E-state index in [9.17, 15) is 14.4 Å². The minimum Gasteiger partial charge on any atom is -0.462 e. The van der Waals surface area contributed by atoms with Crippen molar-refractivity contribution in [1.29, 1.82) is 0 Å². The minimum atomic E-state index is -0.773. The fraction of sp³-hybridized carbons (Fsp3) is 0.870. The van der Waals surface area contributed by atoms with Crippen LogP contribution in [0.2, 0.25) is 0 Å². The molecule has 440 valence electrons. The molecule has 0 spiro atoms. The number of esters is 3. The molecule has 0 radical (unpaired) electrons. The van der Waals surface area contributed by atoms with Crippen molar-refractivity contribution in [3.8, 4) is 0 Å². The summed E-state index contributed by atoms with van der Waals surface area (Å²) in [5.74, 6) is -0.850. The van der Waals surface area contributed by atoms with Crippen molar-refractivity contribution in [3.63, 3.8) is 0 Å². The van der Waals surface area contributed by atoms with Gasteiger partial charge >= 0.3 is 17.9 Å². The van der Waals surface area contributed by atoms with Gasteiger partial charge in [0, 0.05) is 19.3 Å². The third-order valence-electron chi connectivity index (χ3n) is 15.2. The fourth-order valence-electron chi connectivity index (χ4n) is 10.2. The SMILES string of the molecule is CC/C=C\C/C=C\C/C=C\CCCCCCCCCC(=O)OCC(COC(=O)CCCCCCCCCCCCCCCCCCCCCC)OC(=O)CCCCCCCCCCCCCCCCCCCCCC. The molecule has 0 fully saturated rings. The highest BCUT2D eigenvalue weighted by atomic mass is 16.6. The van der Waals surface area contributed by atoms with E-state index in [1.807, 2.05) is 0 Å². The van der Waals surface area contributed by atoms with Gasteiger partial charge in [0.15, 0.2) is 6.10 Å². The van der Waals surface area contributed by atoms with Crippen LogP contribution in [0.5, 0.6) is 0 Å². The lowest BCUT2D eigenvalue weighted by Gasteiger charge is -2.18. The van der Waals surface area contributed by atoms with Crippen molar-refractivity contribution >= 4 is 17.9 Å². The monoisotopic (exact) mass is 1050 g/mol. The van der Waals surface area contributed by atoms with Gasteiger partial charge in [-0.2, -0.15) is 0 Å². The topological polar surface area (TPSA) is 78.9 Å². The van der Waals surface area contributed by atoms with Crippen molar-refractivity contribution < 1.29 is 28.6 Å². The van der Waals surface area contributed by atoms with Crippen molar-refractivity contribution in [1.82, 2.24) is 0 Å². The highest BCUT2D eigenvalue weighted by Crippen LogP contribution is 2.18. The number of allylic oxidation sites excluding steroid dienone is 6. The second-order valence-corrected chi connectivity index (χ2v) is 22.7. The number of unbranched alkanes of at least 4 members (excludes halogenated alkanes) is 45. The van der Waals surface area contributed by atoms with Gasteiger partial charge in [0.1, 0.15) is 13.2 Å². The van der Waals surface area contributed by atoms with E-state index in [4.69, 9.17) is 14.2 Å². The van der Waals surface area contributed by atoms with Crippen molar-refractivity contribution in [3.05, 3.63) is 36.5 Å². The van der Waals surface area contributed by atoms with Crippen LogP contribution in [0.25, 0.3) is 0 Å². The maximum atomic E-state index is 12.9. The third-order valence-corrected chi connectivity index (χ3v) is 15.2. The number of rotatable bonds is 62. The molecule has 0 aliphatic heterocycles. The molecule has 1 unspecified atom stereocenters. The quantitative estimate of drug-likeness (QED) is 0.0261. The first-order valence-electron chi connectivity index (χ1n) is 33.5. The molecule has 0 aromatic carbocycles. The highest BCUT2D eigenvalue weighted by molar-refractivity contribution is 5.71. The second-order valence-electron chi connectivity index (χ2n) is 22.7. The first-order chi connectivity index (χ1) is 37.0. The highest BCUT2D eigenvalue weighted by Gasteiger charge is 2.19. The zero-order valence-electron chi connectivity index (χ0n) is 50.6. The molecule has 0 aromatic heterocycles. The van der Waals surface area contributed by atoms with E-state index >= 15 is 0 Å². The van der Waals surface area contributed by atoms with Crippen LogP contribution in [0.3, 0.4) is 0 Å². The molecule has 0 aliphatic rings. The molecule has 0 amide bonds. The van der Waals surface area contributed by atoms with Gasteiger partial charge in [-0.3, -0.25) is 14.4 Å². The lowest BCUT2D eigenvalue weighted by molar-refractivity contribution is -0.167. The first kappa shape index (κ1) is 72.6. The Kier molecular flexibility index (Phi) is 62.1. The summed E-state index contributed by atoms with van der Waals surface area (Å²) in [5.41, 5.74) is 0. The van der Waals surface area contributed by atoms with E-state index in [0.29, 0.717) is 19.3 Å². The molecule has 6 nitrogen and oxygen atoms in total. The molecule has 0 saturated carbocycles. The summed E-state index contributed by atoms with van der Waals surface area (Å²) < 4.78 is 17.0. The van der Waals surface area contributed by atoms with Gasteiger partial charge in [-0.05, 0) is 51.4 Å². The second kappa shape index (κ2) is 64.2. The molecule has 0 rings (SSSR count). The van der Waals surface area contributed by atoms with E-state index in [1.54, 1.807) is 0 Å². The summed E-state index contributed by atoms with van der Waals surface area (Å²) in [7, 11) is 0. The van der Waals surface area contributed by atoms with E-state index in [1.165, 1.54) is 244 Å². The van der Waals surface area contributed by atoms with E-state index < -0.39 is 6.10 Å². The lowest BCUT2D eigenvalue weighted by atomic mass is 10.0. The Hall–Kier alpha value is -2.37. The summed E-state index contributed by atoms with van der Waals surface area (Å²) in [4.78, 5) is 38.4. The van der Waals surface area contributed by atoms with Crippen LogP contribution >= 0.6 is 0 Å². The molecular formula is C69H128O6. The predicted molar refractivity (Wildman–Crippen MR) is 326 cm³/mol. The Morgan fingerprint density at radius 2 is 0.520 bits per heavy atom. The average molecular weight is 1050 g/mol. The van der Waals surface area contributed by atoms with Crippen LogP contribution in [0.15, 0.2) is 36.5 Å². The maximum Gasteiger partial charge on any atom is 0.306 e. The van der Waals surface area contributed by atoms with Gasteiger partial charge in [0.25, 0.3) is 0 Å². The summed E-state index contributed by atoms with van der Waals surface area (Å²) in [6.07, 6.45) is 78.7. The summed E-state index contributed by atoms with van der Waals surface area (Å²) in [6, 6.07) is 0. The van der Waals surface area contributed by atoms with E-state index in [-0.39, 0.29) is 31.1 Å². The van der Waals surface area contributed by atoms with Crippen LogP contribution in [0, 0.1) is 0 Å². The Labute approximate surface area is 467 Å². The summed E-state index contributed by atoms with van der Waals surface area (Å²) >= 11 is 0. The molecular weight excluding hydrogens is 925 g/mol. The Bertz CT molecular complexity index is 1250. The Balaban J connectivity index is 4.31. The number of ether oxygens (including phenoxy) is 3. The lowest BCUT2D eigenvalue weighted by Crippen LogP contribution is -2.30.